The number of furan rings is 2. The summed E-state index contributed by atoms with van der Waals surface area (Å²) >= 11 is 1.84. The first-order valence-electron chi connectivity index (χ1n) is 17.5. The molecule has 52 heavy (non-hydrogen) atoms. The van der Waals surface area contributed by atoms with E-state index in [0.717, 1.165) is 83.2 Å². The van der Waals surface area contributed by atoms with Crippen molar-refractivity contribution in [3.05, 3.63) is 176 Å². The standard InChI is InChI=1S/C48H29NO2S/c1-4-21-42-36(13-1)38-18-8-16-34(47(38)50-42)30-25-27-32(28-26-30)49(41-20-10-24-45-46(41)40-15-3-6-23-44(40)52-45)33-12-7-11-31(29-33)35-17-9-19-39-37-14-2-5-22-43(37)51-48(35)39/h1-29H. The van der Waals surface area contributed by atoms with Crippen LogP contribution in [0, 0.1) is 0 Å². The molecule has 244 valence electrons. The molecule has 0 atom stereocenters. The molecule has 0 saturated carbocycles. The van der Waals surface area contributed by atoms with Crippen molar-refractivity contribution in [1.29, 1.82) is 0 Å². The predicted molar refractivity (Wildman–Crippen MR) is 219 cm³/mol. The highest BCUT2D eigenvalue weighted by atomic mass is 32.1. The molecule has 0 spiro atoms. The van der Waals surface area contributed by atoms with E-state index >= 15 is 0 Å². The SMILES string of the molecule is c1cc(-c2cccc3c2oc2ccccc23)cc(N(c2ccc(-c3cccc4c3oc3ccccc34)cc2)c2cccc3sc4ccccc4c23)c1. The lowest BCUT2D eigenvalue weighted by molar-refractivity contribution is 0.669. The van der Waals surface area contributed by atoms with E-state index in [2.05, 4.69) is 157 Å². The molecule has 0 aliphatic carbocycles. The van der Waals surface area contributed by atoms with Crippen molar-refractivity contribution in [2.24, 2.45) is 0 Å². The van der Waals surface area contributed by atoms with Crippen molar-refractivity contribution < 1.29 is 8.83 Å². The molecule has 0 aliphatic heterocycles. The van der Waals surface area contributed by atoms with Crippen LogP contribution in [0.5, 0.6) is 0 Å². The largest absolute Gasteiger partial charge is 0.455 e. The molecular formula is C48H29NO2S. The molecule has 3 heterocycles. The van der Waals surface area contributed by atoms with E-state index in [4.69, 9.17) is 8.83 Å². The molecule has 0 amide bonds. The van der Waals surface area contributed by atoms with Gasteiger partial charge in [-0.1, -0.05) is 121 Å². The Morgan fingerprint density at radius 2 is 0.942 bits per heavy atom. The van der Waals surface area contributed by atoms with Crippen LogP contribution in [0.15, 0.2) is 185 Å². The molecule has 3 nitrogen and oxygen atoms in total. The van der Waals surface area contributed by atoms with Gasteiger partial charge in [-0.2, -0.15) is 0 Å². The zero-order valence-electron chi connectivity index (χ0n) is 27.9. The zero-order valence-corrected chi connectivity index (χ0v) is 28.7. The van der Waals surface area contributed by atoms with Crippen LogP contribution in [-0.2, 0) is 0 Å². The molecule has 0 aliphatic rings. The van der Waals surface area contributed by atoms with Crippen LogP contribution < -0.4 is 4.90 Å². The van der Waals surface area contributed by atoms with E-state index < -0.39 is 0 Å². The average Bonchev–Trinajstić information content (AvgIpc) is 3.90. The fourth-order valence-electron chi connectivity index (χ4n) is 7.92. The third-order valence-corrected chi connectivity index (χ3v) is 11.4. The summed E-state index contributed by atoms with van der Waals surface area (Å²) < 4.78 is 15.5. The number of hydrogen-bond acceptors (Lipinski definition) is 4. The molecule has 11 rings (SSSR count). The van der Waals surface area contributed by atoms with Gasteiger partial charge in [0.1, 0.15) is 22.3 Å². The second-order valence-corrected chi connectivity index (χ2v) is 14.3. The van der Waals surface area contributed by atoms with Crippen molar-refractivity contribution in [3.8, 4) is 22.3 Å². The number of nitrogens with zero attached hydrogens (tertiary/aromatic N) is 1. The van der Waals surface area contributed by atoms with Gasteiger partial charge in [0, 0.05) is 64.2 Å². The third kappa shape index (κ3) is 4.45. The lowest BCUT2D eigenvalue weighted by Crippen LogP contribution is -2.10. The van der Waals surface area contributed by atoms with Crippen LogP contribution >= 0.6 is 11.3 Å². The molecule has 0 saturated heterocycles. The van der Waals surface area contributed by atoms with Crippen molar-refractivity contribution in [2.75, 3.05) is 4.90 Å². The van der Waals surface area contributed by atoms with Gasteiger partial charge in [0.25, 0.3) is 0 Å². The Morgan fingerprint density at radius 3 is 1.65 bits per heavy atom. The maximum atomic E-state index is 6.49. The summed E-state index contributed by atoms with van der Waals surface area (Å²) in [4.78, 5) is 2.40. The summed E-state index contributed by atoms with van der Waals surface area (Å²) in [5, 5.41) is 7.04. The molecule has 0 unspecified atom stereocenters. The summed E-state index contributed by atoms with van der Waals surface area (Å²) in [5.41, 5.74) is 11.3. The Kier molecular flexibility index (Phi) is 6.42. The minimum atomic E-state index is 0.900. The molecule has 0 N–H and O–H groups in total. The maximum Gasteiger partial charge on any atom is 0.143 e. The van der Waals surface area contributed by atoms with Gasteiger partial charge in [-0.15, -0.1) is 11.3 Å². The first-order chi connectivity index (χ1) is 25.8. The van der Waals surface area contributed by atoms with Crippen molar-refractivity contribution in [2.45, 2.75) is 0 Å². The summed E-state index contributed by atoms with van der Waals surface area (Å²) in [6.07, 6.45) is 0. The van der Waals surface area contributed by atoms with Gasteiger partial charge >= 0.3 is 0 Å². The second-order valence-electron chi connectivity index (χ2n) is 13.2. The predicted octanol–water partition coefficient (Wildman–Crippen LogP) is 14.7. The number of anilines is 3. The minimum absolute atomic E-state index is 0.900. The second kappa shape index (κ2) is 11.5. The first-order valence-corrected chi connectivity index (χ1v) is 18.3. The lowest BCUT2D eigenvalue weighted by atomic mass is 10.00. The van der Waals surface area contributed by atoms with Crippen LogP contribution in [0.2, 0.25) is 0 Å². The number of hydrogen-bond donors (Lipinski definition) is 0. The number of thiophene rings is 1. The van der Waals surface area contributed by atoms with Crippen LogP contribution in [0.1, 0.15) is 0 Å². The van der Waals surface area contributed by atoms with Crippen LogP contribution in [0.3, 0.4) is 0 Å². The van der Waals surface area contributed by atoms with Crippen molar-refractivity contribution >= 4 is 92.4 Å². The minimum Gasteiger partial charge on any atom is -0.455 e. The molecule has 0 fully saturated rings. The van der Waals surface area contributed by atoms with Crippen LogP contribution in [0.25, 0.3) is 86.3 Å². The zero-order chi connectivity index (χ0) is 34.2. The van der Waals surface area contributed by atoms with Gasteiger partial charge in [-0.05, 0) is 65.7 Å². The summed E-state index contributed by atoms with van der Waals surface area (Å²) in [7, 11) is 0. The fourth-order valence-corrected chi connectivity index (χ4v) is 9.05. The van der Waals surface area contributed by atoms with Crippen molar-refractivity contribution in [1.82, 2.24) is 0 Å². The van der Waals surface area contributed by atoms with Gasteiger partial charge in [0.2, 0.25) is 0 Å². The molecule has 0 radical (unpaired) electrons. The van der Waals surface area contributed by atoms with Gasteiger partial charge in [-0.25, -0.2) is 0 Å². The smallest absolute Gasteiger partial charge is 0.143 e. The van der Waals surface area contributed by atoms with Crippen molar-refractivity contribution in [3.63, 3.8) is 0 Å². The van der Waals surface area contributed by atoms with Gasteiger partial charge in [0.05, 0.1) is 5.69 Å². The van der Waals surface area contributed by atoms with Crippen LogP contribution in [-0.4, -0.2) is 0 Å². The van der Waals surface area contributed by atoms with Crippen LogP contribution in [0.4, 0.5) is 17.1 Å². The van der Waals surface area contributed by atoms with E-state index in [-0.39, 0.29) is 0 Å². The number of rotatable bonds is 5. The average molecular weight is 684 g/mol. The van der Waals surface area contributed by atoms with Gasteiger partial charge in [0.15, 0.2) is 0 Å². The highest BCUT2D eigenvalue weighted by Gasteiger charge is 2.21. The van der Waals surface area contributed by atoms with Gasteiger partial charge < -0.3 is 13.7 Å². The van der Waals surface area contributed by atoms with E-state index in [1.807, 2.05) is 35.6 Å². The topological polar surface area (TPSA) is 29.5 Å². The molecule has 11 aromatic rings. The Hall–Kier alpha value is -6.62. The van der Waals surface area contributed by atoms with Gasteiger partial charge in [-0.3, -0.25) is 0 Å². The Bertz CT molecular complexity index is 3150. The van der Waals surface area contributed by atoms with E-state index in [9.17, 15) is 0 Å². The third-order valence-electron chi connectivity index (χ3n) is 10.3. The maximum absolute atomic E-state index is 6.49. The lowest BCUT2D eigenvalue weighted by Gasteiger charge is -2.27. The molecule has 3 aromatic heterocycles. The Morgan fingerprint density at radius 1 is 0.385 bits per heavy atom. The molecular weight excluding hydrogens is 655 g/mol. The van der Waals surface area contributed by atoms with E-state index in [1.54, 1.807) is 0 Å². The quantitative estimate of drug-likeness (QED) is 0.181. The fraction of sp³-hybridized carbons (Fsp3) is 0. The summed E-state index contributed by atoms with van der Waals surface area (Å²) in [6.45, 7) is 0. The first kappa shape index (κ1) is 29.1. The van der Waals surface area contributed by atoms with E-state index in [0.29, 0.717) is 0 Å². The summed E-state index contributed by atoms with van der Waals surface area (Å²) in [6, 6.07) is 62.5. The van der Waals surface area contributed by atoms with E-state index in [1.165, 1.54) is 20.2 Å². The number of para-hydroxylation sites is 4. The highest BCUT2D eigenvalue weighted by molar-refractivity contribution is 7.26. The Balaban J connectivity index is 1.10. The normalized spacial score (nSPS) is 11.8. The molecule has 4 heteroatoms. The monoisotopic (exact) mass is 683 g/mol. The molecule has 0 bridgehead atoms. The number of benzene rings is 8. The highest BCUT2D eigenvalue weighted by Crippen LogP contribution is 2.46. The summed E-state index contributed by atoms with van der Waals surface area (Å²) in [5.74, 6) is 0. The molecule has 8 aromatic carbocycles. The Labute approximate surface area is 303 Å². The number of fused-ring (bicyclic) bond motifs is 9.